The van der Waals surface area contributed by atoms with Crippen LogP contribution in [0.5, 0.6) is 0 Å². The molecule has 0 bridgehead atoms. The highest BCUT2D eigenvalue weighted by Crippen LogP contribution is 2.19. The minimum atomic E-state index is -0.708. The fourth-order valence-corrected chi connectivity index (χ4v) is 2.72. The Bertz CT molecular complexity index is 835. The Morgan fingerprint density at radius 1 is 1.30 bits per heavy atom. The number of para-hydroxylation sites is 1. The lowest BCUT2D eigenvalue weighted by Crippen LogP contribution is -2.41. The molecule has 0 aliphatic rings. The van der Waals surface area contributed by atoms with Gasteiger partial charge in [-0.1, -0.05) is 18.2 Å². The molecule has 0 radical (unpaired) electrons. The van der Waals surface area contributed by atoms with Crippen LogP contribution in [0.1, 0.15) is 22.4 Å². The summed E-state index contributed by atoms with van der Waals surface area (Å²) in [7, 11) is 0. The van der Waals surface area contributed by atoms with Crippen LogP contribution >= 0.6 is 11.3 Å². The van der Waals surface area contributed by atoms with Crippen LogP contribution in [0.25, 0.3) is 11.0 Å². The first-order valence-corrected chi connectivity index (χ1v) is 7.87. The number of aryl methyl sites for hydroxylation is 1. The van der Waals surface area contributed by atoms with Crippen molar-refractivity contribution >= 4 is 39.3 Å². The molecule has 2 aromatic heterocycles. The van der Waals surface area contributed by atoms with Gasteiger partial charge in [0.05, 0.1) is 0 Å². The largest absolute Gasteiger partial charge is 0.451 e. The lowest BCUT2D eigenvalue weighted by atomic mass is 10.2. The van der Waals surface area contributed by atoms with Crippen molar-refractivity contribution in [3.63, 3.8) is 0 Å². The Hall–Kier alpha value is -2.67. The summed E-state index contributed by atoms with van der Waals surface area (Å²) in [5, 5.41) is 6.64. The molecule has 0 aliphatic carbocycles. The van der Waals surface area contributed by atoms with E-state index >= 15 is 0 Å². The maximum absolute atomic E-state index is 12.2. The molecule has 6 nitrogen and oxygen atoms in total. The second-order valence-electron chi connectivity index (χ2n) is 5.11. The number of amides is 2. The number of hydrogen-bond acceptors (Lipinski definition) is 5. The molecule has 2 N–H and O–H groups in total. The molecular weight excluding hydrogens is 314 g/mol. The molecule has 2 amide bonds. The topological polar surface area (TPSA) is 84.2 Å². The molecular formula is C16H15N3O3S. The lowest BCUT2D eigenvalue weighted by molar-refractivity contribution is -0.117. The van der Waals surface area contributed by atoms with E-state index in [1.54, 1.807) is 25.3 Å². The van der Waals surface area contributed by atoms with Crippen LogP contribution in [0.2, 0.25) is 0 Å². The Morgan fingerprint density at radius 2 is 2.09 bits per heavy atom. The Morgan fingerprint density at radius 3 is 2.78 bits per heavy atom. The molecule has 3 aromatic rings. The minimum absolute atomic E-state index is 0.177. The first-order valence-electron chi connectivity index (χ1n) is 7.05. The number of hydrogen-bond donors (Lipinski definition) is 2. The van der Waals surface area contributed by atoms with E-state index in [-0.39, 0.29) is 11.7 Å². The van der Waals surface area contributed by atoms with E-state index in [1.165, 1.54) is 11.3 Å². The Kier molecular flexibility index (Phi) is 4.12. The van der Waals surface area contributed by atoms with Crippen LogP contribution in [-0.2, 0) is 4.79 Å². The first kappa shape index (κ1) is 15.2. The van der Waals surface area contributed by atoms with Gasteiger partial charge in [0, 0.05) is 16.5 Å². The highest BCUT2D eigenvalue weighted by Gasteiger charge is 2.20. The molecule has 118 valence electrons. The van der Waals surface area contributed by atoms with Gasteiger partial charge in [-0.3, -0.25) is 9.59 Å². The number of aromatic nitrogens is 1. The zero-order chi connectivity index (χ0) is 16.4. The van der Waals surface area contributed by atoms with Crippen molar-refractivity contribution in [2.24, 2.45) is 0 Å². The van der Waals surface area contributed by atoms with Gasteiger partial charge in [0.2, 0.25) is 5.91 Å². The van der Waals surface area contributed by atoms with Gasteiger partial charge >= 0.3 is 0 Å². The summed E-state index contributed by atoms with van der Waals surface area (Å²) >= 11 is 1.38. The summed E-state index contributed by atoms with van der Waals surface area (Å²) in [6.45, 7) is 3.51. The van der Waals surface area contributed by atoms with Crippen molar-refractivity contribution in [2.75, 3.05) is 5.32 Å². The van der Waals surface area contributed by atoms with E-state index in [9.17, 15) is 9.59 Å². The van der Waals surface area contributed by atoms with Crippen LogP contribution in [0.3, 0.4) is 0 Å². The second kappa shape index (κ2) is 6.21. The van der Waals surface area contributed by atoms with Crippen LogP contribution in [0.15, 0.2) is 40.9 Å². The average molecular weight is 329 g/mol. The quantitative estimate of drug-likeness (QED) is 0.771. The number of thiazole rings is 1. The molecule has 0 saturated heterocycles. The summed E-state index contributed by atoms with van der Waals surface area (Å²) in [5.41, 5.74) is 0.632. The molecule has 0 aliphatic heterocycles. The third-order valence-corrected chi connectivity index (χ3v) is 4.07. The highest BCUT2D eigenvalue weighted by atomic mass is 32.1. The zero-order valence-corrected chi connectivity index (χ0v) is 13.4. The molecule has 0 spiro atoms. The van der Waals surface area contributed by atoms with E-state index in [2.05, 4.69) is 15.6 Å². The van der Waals surface area contributed by atoms with E-state index in [4.69, 9.17) is 4.42 Å². The molecule has 23 heavy (non-hydrogen) atoms. The average Bonchev–Trinajstić information content (AvgIpc) is 3.13. The Labute approximate surface area is 136 Å². The number of benzene rings is 1. The van der Waals surface area contributed by atoms with Gasteiger partial charge in [0.25, 0.3) is 5.91 Å². The lowest BCUT2D eigenvalue weighted by Gasteiger charge is -2.11. The number of carbonyl (C=O) groups excluding carboxylic acids is 2. The standard InChI is InChI=1S/C16H15N3O3S/c1-9-8-17-16(23-9)19-14(20)10(2)18-15(21)13-7-11-5-3-4-6-12(11)22-13/h3-8,10H,1-2H3,(H,18,21)(H,17,19,20)/t10-/m0/s1. The van der Waals surface area contributed by atoms with Gasteiger partial charge < -0.3 is 15.1 Å². The number of anilines is 1. The van der Waals surface area contributed by atoms with Crippen LogP contribution in [0, 0.1) is 6.92 Å². The second-order valence-corrected chi connectivity index (χ2v) is 6.34. The molecule has 0 saturated carbocycles. The summed E-state index contributed by atoms with van der Waals surface area (Å²) in [6, 6.07) is 8.29. The molecule has 7 heteroatoms. The summed E-state index contributed by atoms with van der Waals surface area (Å²) in [4.78, 5) is 29.3. The van der Waals surface area contributed by atoms with Gasteiger partial charge in [0.15, 0.2) is 10.9 Å². The summed E-state index contributed by atoms with van der Waals surface area (Å²) in [6.07, 6.45) is 1.68. The van der Waals surface area contributed by atoms with E-state index in [0.717, 1.165) is 10.3 Å². The predicted molar refractivity (Wildman–Crippen MR) is 88.6 cm³/mol. The number of nitrogens with zero attached hydrogens (tertiary/aromatic N) is 1. The van der Waals surface area contributed by atoms with Crippen LogP contribution < -0.4 is 10.6 Å². The molecule has 0 fully saturated rings. The van der Waals surface area contributed by atoms with Gasteiger partial charge in [-0.25, -0.2) is 4.98 Å². The first-order chi connectivity index (χ1) is 11.0. The van der Waals surface area contributed by atoms with Crippen molar-refractivity contribution in [3.05, 3.63) is 47.2 Å². The minimum Gasteiger partial charge on any atom is -0.451 e. The monoisotopic (exact) mass is 329 g/mol. The number of nitrogens with one attached hydrogen (secondary N) is 2. The number of furan rings is 1. The van der Waals surface area contributed by atoms with Crippen LogP contribution in [0.4, 0.5) is 5.13 Å². The smallest absolute Gasteiger partial charge is 0.287 e. The van der Waals surface area contributed by atoms with Gasteiger partial charge in [-0.15, -0.1) is 11.3 Å². The highest BCUT2D eigenvalue weighted by molar-refractivity contribution is 7.15. The maximum atomic E-state index is 12.2. The third-order valence-electron chi connectivity index (χ3n) is 3.24. The predicted octanol–water partition coefficient (Wildman–Crippen LogP) is 2.95. The van der Waals surface area contributed by atoms with Gasteiger partial charge in [-0.05, 0) is 26.0 Å². The van der Waals surface area contributed by atoms with E-state index < -0.39 is 11.9 Å². The SMILES string of the molecule is Cc1cnc(NC(=O)[C@H](C)NC(=O)c2cc3ccccc3o2)s1. The molecule has 1 aromatic carbocycles. The molecule has 3 rings (SSSR count). The molecule has 1 atom stereocenters. The van der Waals surface area contributed by atoms with Crippen LogP contribution in [-0.4, -0.2) is 22.8 Å². The van der Waals surface area contributed by atoms with Crippen molar-refractivity contribution in [1.82, 2.24) is 10.3 Å². The van der Waals surface area contributed by atoms with Gasteiger partial charge in [0.1, 0.15) is 11.6 Å². The van der Waals surface area contributed by atoms with Gasteiger partial charge in [-0.2, -0.15) is 0 Å². The van der Waals surface area contributed by atoms with E-state index in [0.29, 0.717) is 10.7 Å². The Balaban J connectivity index is 1.65. The third kappa shape index (κ3) is 3.40. The zero-order valence-electron chi connectivity index (χ0n) is 12.6. The van der Waals surface area contributed by atoms with Crippen molar-refractivity contribution in [1.29, 1.82) is 0 Å². The summed E-state index contributed by atoms with van der Waals surface area (Å²) in [5.74, 6) is -0.584. The van der Waals surface area contributed by atoms with Crippen molar-refractivity contribution in [3.8, 4) is 0 Å². The maximum Gasteiger partial charge on any atom is 0.287 e. The van der Waals surface area contributed by atoms with E-state index in [1.807, 2.05) is 25.1 Å². The van der Waals surface area contributed by atoms with Crippen molar-refractivity contribution < 1.29 is 14.0 Å². The normalized spacial score (nSPS) is 12.1. The fraction of sp³-hybridized carbons (Fsp3) is 0.188. The number of rotatable bonds is 4. The molecule has 2 heterocycles. The fourth-order valence-electron chi connectivity index (χ4n) is 2.05. The van der Waals surface area contributed by atoms with Crippen molar-refractivity contribution in [2.45, 2.75) is 19.9 Å². The molecule has 0 unspecified atom stereocenters. The number of carbonyl (C=O) groups is 2. The summed E-state index contributed by atoms with van der Waals surface area (Å²) < 4.78 is 5.48. The number of fused-ring (bicyclic) bond motifs is 1.